The highest BCUT2D eigenvalue weighted by Crippen LogP contribution is 2.31. The lowest BCUT2D eigenvalue weighted by Gasteiger charge is -2.16. The van der Waals surface area contributed by atoms with Gasteiger partial charge in [0, 0.05) is 34.3 Å². The summed E-state index contributed by atoms with van der Waals surface area (Å²) in [6.07, 6.45) is 3.84. The molecule has 6 aromatic rings. The first kappa shape index (κ1) is 22.4. The third-order valence-corrected chi connectivity index (χ3v) is 9.00. The molecular formula is C33H28N2Si. The maximum Gasteiger partial charge on any atom is 0.0780 e. The second kappa shape index (κ2) is 8.85. The molecule has 6 rings (SSSR count). The fraction of sp³-hybridized carbons (Fsp3) is 0.0909. The Labute approximate surface area is 213 Å². The summed E-state index contributed by atoms with van der Waals surface area (Å²) in [7, 11) is -1.29. The number of para-hydroxylation sites is 1. The molecule has 0 spiro atoms. The van der Waals surface area contributed by atoms with Gasteiger partial charge in [-0.25, -0.2) is 0 Å². The molecule has 0 unspecified atom stereocenters. The van der Waals surface area contributed by atoms with Gasteiger partial charge in [-0.1, -0.05) is 110 Å². The van der Waals surface area contributed by atoms with Crippen LogP contribution in [-0.4, -0.2) is 18.0 Å². The van der Waals surface area contributed by atoms with E-state index >= 15 is 0 Å². The van der Waals surface area contributed by atoms with Crippen molar-refractivity contribution < 1.29 is 0 Å². The summed E-state index contributed by atoms with van der Waals surface area (Å²) in [5, 5.41) is 3.79. The summed E-state index contributed by atoms with van der Waals surface area (Å²) in [4.78, 5) is 9.43. The number of hydrogen-bond acceptors (Lipinski definition) is 2. The highest BCUT2D eigenvalue weighted by atomic mass is 28.3. The van der Waals surface area contributed by atoms with Crippen LogP contribution in [0.4, 0.5) is 0 Å². The highest BCUT2D eigenvalue weighted by Gasteiger charge is 2.16. The molecule has 0 aliphatic carbocycles. The number of aromatic nitrogens is 2. The molecule has 0 saturated carbocycles. The topological polar surface area (TPSA) is 25.8 Å². The van der Waals surface area contributed by atoms with Gasteiger partial charge >= 0.3 is 0 Å². The fourth-order valence-electron chi connectivity index (χ4n) is 4.80. The van der Waals surface area contributed by atoms with Gasteiger partial charge in [0.05, 0.1) is 19.1 Å². The van der Waals surface area contributed by atoms with Crippen LogP contribution in [0, 0.1) is 0 Å². The third-order valence-electron chi connectivity index (χ3n) is 6.93. The second-order valence-corrected chi connectivity index (χ2v) is 15.5. The van der Waals surface area contributed by atoms with E-state index in [1.54, 1.807) is 0 Å². The Kier molecular flexibility index (Phi) is 5.50. The Hall–Kier alpha value is -4.08. The van der Waals surface area contributed by atoms with Gasteiger partial charge in [-0.3, -0.25) is 9.97 Å². The Balaban J connectivity index is 1.29. The molecule has 0 radical (unpaired) electrons. The minimum Gasteiger partial charge on any atom is -0.256 e. The average molecular weight is 481 g/mol. The van der Waals surface area contributed by atoms with Crippen molar-refractivity contribution in [3.8, 4) is 33.4 Å². The molecule has 0 N–H and O–H groups in total. The van der Waals surface area contributed by atoms with E-state index in [9.17, 15) is 0 Å². The zero-order valence-corrected chi connectivity index (χ0v) is 21.9. The molecule has 3 heteroatoms. The van der Waals surface area contributed by atoms with Crippen LogP contribution in [0.25, 0.3) is 55.2 Å². The fourth-order valence-corrected chi connectivity index (χ4v) is 5.97. The van der Waals surface area contributed by atoms with Gasteiger partial charge in [-0.05, 0) is 40.5 Å². The van der Waals surface area contributed by atoms with Crippen molar-refractivity contribution in [2.75, 3.05) is 0 Å². The van der Waals surface area contributed by atoms with Gasteiger partial charge in [0.2, 0.25) is 0 Å². The van der Waals surface area contributed by atoms with Crippen molar-refractivity contribution in [1.29, 1.82) is 0 Å². The minimum atomic E-state index is -1.29. The Morgan fingerprint density at radius 1 is 0.528 bits per heavy atom. The lowest BCUT2D eigenvalue weighted by molar-refractivity contribution is 1.40. The molecule has 36 heavy (non-hydrogen) atoms. The van der Waals surface area contributed by atoms with Crippen LogP contribution in [-0.2, 0) is 0 Å². The van der Waals surface area contributed by atoms with E-state index in [4.69, 9.17) is 4.98 Å². The zero-order valence-electron chi connectivity index (χ0n) is 20.9. The first-order chi connectivity index (χ1) is 17.5. The molecule has 0 saturated heterocycles. The molecule has 2 aromatic heterocycles. The van der Waals surface area contributed by atoms with Gasteiger partial charge in [-0.2, -0.15) is 0 Å². The molecule has 0 aliphatic rings. The van der Waals surface area contributed by atoms with Crippen LogP contribution < -0.4 is 5.19 Å². The van der Waals surface area contributed by atoms with Crippen LogP contribution in [0.3, 0.4) is 0 Å². The second-order valence-electron chi connectivity index (χ2n) is 10.4. The molecule has 0 aliphatic heterocycles. The number of nitrogens with zero attached hydrogens (tertiary/aromatic N) is 2. The Bertz CT molecular complexity index is 1690. The summed E-state index contributed by atoms with van der Waals surface area (Å²) in [6.45, 7) is 7.15. The molecule has 0 bridgehead atoms. The van der Waals surface area contributed by atoms with E-state index in [0.29, 0.717) is 0 Å². The quantitative estimate of drug-likeness (QED) is 0.237. The van der Waals surface area contributed by atoms with Crippen molar-refractivity contribution in [3.63, 3.8) is 0 Å². The number of benzene rings is 4. The number of rotatable bonds is 4. The first-order valence-corrected chi connectivity index (χ1v) is 15.9. The summed E-state index contributed by atoms with van der Waals surface area (Å²) in [6, 6.07) is 37.0. The van der Waals surface area contributed by atoms with Gasteiger partial charge in [0.1, 0.15) is 0 Å². The van der Waals surface area contributed by atoms with E-state index in [1.165, 1.54) is 21.9 Å². The highest BCUT2D eigenvalue weighted by molar-refractivity contribution is 6.88. The molecule has 174 valence electrons. The Morgan fingerprint density at radius 2 is 1.19 bits per heavy atom. The van der Waals surface area contributed by atoms with Gasteiger partial charge < -0.3 is 0 Å². The molecule has 0 atom stereocenters. The summed E-state index contributed by atoms with van der Waals surface area (Å²) in [5.41, 5.74) is 9.10. The predicted molar refractivity (Wildman–Crippen MR) is 156 cm³/mol. The monoisotopic (exact) mass is 480 g/mol. The standard InChI is InChI=1S/C33H28N2Si/c1-36(2,3)30-17-15-23(16-18-30)27-13-14-28-20-29(22-35-32(28)21-27)24-9-11-25(12-10-24)31-8-4-6-26-7-5-19-34-33(26)31/h4-22H,1-3H3. The van der Waals surface area contributed by atoms with Crippen LogP contribution in [0.1, 0.15) is 0 Å². The SMILES string of the molecule is C[Si](C)(C)c1ccc(-c2ccc3cc(-c4ccc(-c5cccc6cccnc56)cc4)cnc3c2)cc1. The molecule has 0 fully saturated rings. The minimum absolute atomic E-state index is 1.02. The molecule has 2 nitrogen and oxygen atoms in total. The molecular weight excluding hydrogens is 452 g/mol. The van der Waals surface area contributed by atoms with Crippen molar-refractivity contribution in [2.24, 2.45) is 0 Å². The lowest BCUT2D eigenvalue weighted by atomic mass is 9.98. The van der Waals surface area contributed by atoms with E-state index in [-0.39, 0.29) is 0 Å². The Morgan fingerprint density at radius 3 is 1.97 bits per heavy atom. The number of fused-ring (bicyclic) bond motifs is 2. The van der Waals surface area contributed by atoms with Gasteiger partial charge in [0.25, 0.3) is 0 Å². The molecule has 4 aromatic carbocycles. The van der Waals surface area contributed by atoms with Crippen molar-refractivity contribution in [1.82, 2.24) is 9.97 Å². The predicted octanol–water partition coefficient (Wildman–Crippen LogP) is 8.33. The maximum atomic E-state index is 4.82. The third kappa shape index (κ3) is 4.23. The van der Waals surface area contributed by atoms with E-state index in [0.717, 1.165) is 38.5 Å². The van der Waals surface area contributed by atoms with Gasteiger partial charge in [-0.15, -0.1) is 0 Å². The summed E-state index contributed by atoms with van der Waals surface area (Å²) in [5.74, 6) is 0. The van der Waals surface area contributed by atoms with Gasteiger partial charge in [0.15, 0.2) is 0 Å². The van der Waals surface area contributed by atoms with Crippen LogP contribution in [0.15, 0.2) is 116 Å². The van der Waals surface area contributed by atoms with Crippen molar-refractivity contribution >= 4 is 35.1 Å². The normalized spacial score (nSPS) is 11.8. The lowest BCUT2D eigenvalue weighted by Crippen LogP contribution is -2.37. The van der Waals surface area contributed by atoms with E-state index < -0.39 is 8.07 Å². The van der Waals surface area contributed by atoms with E-state index in [1.807, 2.05) is 18.5 Å². The average Bonchev–Trinajstić information content (AvgIpc) is 2.92. The smallest absolute Gasteiger partial charge is 0.0780 e. The molecule has 2 heterocycles. The summed E-state index contributed by atoms with van der Waals surface area (Å²) < 4.78 is 0. The van der Waals surface area contributed by atoms with Crippen LogP contribution in [0.5, 0.6) is 0 Å². The number of hydrogen-bond donors (Lipinski definition) is 0. The number of pyridine rings is 2. The van der Waals surface area contributed by atoms with Crippen molar-refractivity contribution in [2.45, 2.75) is 19.6 Å². The maximum absolute atomic E-state index is 4.82. The molecule has 0 amide bonds. The van der Waals surface area contributed by atoms with Crippen LogP contribution in [0.2, 0.25) is 19.6 Å². The van der Waals surface area contributed by atoms with E-state index in [2.05, 4.69) is 122 Å². The van der Waals surface area contributed by atoms with Crippen LogP contribution >= 0.6 is 0 Å². The summed E-state index contributed by atoms with van der Waals surface area (Å²) >= 11 is 0. The van der Waals surface area contributed by atoms with Crippen molar-refractivity contribution in [3.05, 3.63) is 116 Å². The first-order valence-electron chi connectivity index (χ1n) is 12.4. The largest absolute Gasteiger partial charge is 0.256 e. The zero-order chi connectivity index (χ0) is 24.7.